The van der Waals surface area contributed by atoms with Crippen LogP contribution >= 0.6 is 0 Å². The van der Waals surface area contributed by atoms with Gasteiger partial charge in [-0.15, -0.1) is 12.8 Å². The van der Waals surface area contributed by atoms with Crippen LogP contribution in [0.15, 0.2) is 12.2 Å². The largest absolute Gasteiger partial charge is 0.446 e. The highest BCUT2D eigenvalue weighted by Crippen LogP contribution is 2.37. The lowest BCUT2D eigenvalue weighted by Crippen LogP contribution is -2.47. The van der Waals surface area contributed by atoms with Crippen LogP contribution < -0.4 is 0 Å². The van der Waals surface area contributed by atoms with E-state index in [1.165, 1.54) is 0 Å². The highest BCUT2D eigenvalue weighted by molar-refractivity contribution is 6.74. The smallest absolute Gasteiger partial charge is 0.384 e. The lowest BCUT2D eigenvalue weighted by molar-refractivity contribution is -0.185. The van der Waals surface area contributed by atoms with E-state index in [2.05, 4.69) is 39.8 Å². The summed E-state index contributed by atoms with van der Waals surface area (Å²) < 4.78 is 22.6. The first-order valence-corrected chi connectivity index (χ1v) is 10.7. The van der Waals surface area contributed by atoms with Gasteiger partial charge in [0.2, 0.25) is 0 Å². The summed E-state index contributed by atoms with van der Waals surface area (Å²) >= 11 is 0. The zero-order valence-corrected chi connectivity index (χ0v) is 16.0. The van der Waals surface area contributed by atoms with E-state index in [4.69, 9.17) is 31.5 Å². The van der Waals surface area contributed by atoms with Gasteiger partial charge in [-0.25, -0.2) is 4.79 Å². The fraction of sp³-hybridized carbons (Fsp3) is 0.611. The number of carbonyl (C=O) groups excluding carboxylic acids is 1. The first-order chi connectivity index (χ1) is 11.1. The van der Waals surface area contributed by atoms with Crippen molar-refractivity contribution in [3.8, 4) is 24.7 Å². The maximum atomic E-state index is 11.4. The van der Waals surface area contributed by atoms with Gasteiger partial charge in [-0.2, -0.15) is 0 Å². The van der Waals surface area contributed by atoms with E-state index < -0.39 is 32.8 Å². The monoisotopic (exact) mass is 350 g/mol. The van der Waals surface area contributed by atoms with E-state index in [-0.39, 0.29) is 18.3 Å². The molecule has 1 aliphatic rings. The standard InChI is InChI=1S/C18H26O5Si/c1-8-12-20-17-11-10-14(22-16(19)9-2)15(23-17)13-21-24(6,7)18(3,4)5/h1-2,10-11,14-15,17H,12-13H2,3-7H3/t14-,15+,17-/m0/s1. The third kappa shape index (κ3) is 5.81. The molecule has 3 atom stereocenters. The van der Waals surface area contributed by atoms with Crippen molar-refractivity contribution in [3.05, 3.63) is 12.2 Å². The molecule has 0 radical (unpaired) electrons. The second-order valence-corrected chi connectivity index (χ2v) is 11.8. The maximum Gasteiger partial charge on any atom is 0.384 e. The van der Waals surface area contributed by atoms with Crippen LogP contribution in [0.4, 0.5) is 0 Å². The molecule has 1 aliphatic heterocycles. The molecule has 0 amide bonds. The van der Waals surface area contributed by atoms with Crippen molar-refractivity contribution >= 4 is 14.3 Å². The molecule has 0 unspecified atom stereocenters. The van der Waals surface area contributed by atoms with Crippen molar-refractivity contribution in [1.82, 2.24) is 0 Å². The number of hydrogen-bond acceptors (Lipinski definition) is 5. The molecule has 0 bridgehead atoms. The molecule has 0 spiro atoms. The molecule has 0 aliphatic carbocycles. The van der Waals surface area contributed by atoms with Gasteiger partial charge in [0, 0.05) is 5.92 Å². The van der Waals surface area contributed by atoms with Crippen LogP contribution in [-0.4, -0.2) is 46.0 Å². The molecule has 0 saturated carbocycles. The van der Waals surface area contributed by atoms with Gasteiger partial charge < -0.3 is 18.6 Å². The third-order valence-corrected chi connectivity index (χ3v) is 8.74. The lowest BCUT2D eigenvalue weighted by atomic mass is 10.1. The van der Waals surface area contributed by atoms with Crippen molar-refractivity contribution in [2.75, 3.05) is 13.2 Å². The molecule has 0 saturated heterocycles. The van der Waals surface area contributed by atoms with Gasteiger partial charge in [0.1, 0.15) is 18.8 Å². The van der Waals surface area contributed by atoms with Crippen LogP contribution in [0.1, 0.15) is 20.8 Å². The molecular formula is C18H26O5Si. The summed E-state index contributed by atoms with van der Waals surface area (Å²) in [6.45, 7) is 11.1. The van der Waals surface area contributed by atoms with Crippen molar-refractivity contribution in [2.45, 2.75) is 57.4 Å². The molecular weight excluding hydrogens is 324 g/mol. The Hall–Kier alpha value is -1.57. The second kappa shape index (κ2) is 8.50. The highest BCUT2D eigenvalue weighted by Gasteiger charge is 2.39. The Labute approximate surface area is 145 Å². The molecule has 5 nitrogen and oxygen atoms in total. The first kappa shape index (κ1) is 20.5. The summed E-state index contributed by atoms with van der Waals surface area (Å²) in [6, 6.07) is 0. The molecule has 0 fully saturated rings. The van der Waals surface area contributed by atoms with E-state index >= 15 is 0 Å². The normalized spacial score (nSPS) is 24.0. The van der Waals surface area contributed by atoms with Crippen molar-refractivity contribution in [3.63, 3.8) is 0 Å². The Morgan fingerprint density at radius 2 is 1.96 bits per heavy atom. The molecule has 1 rings (SSSR count). The zero-order valence-electron chi connectivity index (χ0n) is 15.0. The van der Waals surface area contributed by atoms with E-state index in [1.807, 2.05) is 5.92 Å². The van der Waals surface area contributed by atoms with Gasteiger partial charge in [-0.1, -0.05) is 26.7 Å². The Morgan fingerprint density at radius 1 is 1.29 bits per heavy atom. The molecule has 0 aromatic rings. The Kier molecular flexibility index (Phi) is 7.25. The van der Waals surface area contributed by atoms with Crippen LogP contribution in [0.2, 0.25) is 18.1 Å². The summed E-state index contributed by atoms with van der Waals surface area (Å²) in [5.41, 5.74) is 0. The predicted octanol–water partition coefficient (Wildman–Crippen LogP) is 2.48. The summed E-state index contributed by atoms with van der Waals surface area (Å²) in [5, 5.41) is 0.0574. The van der Waals surface area contributed by atoms with Gasteiger partial charge >= 0.3 is 5.97 Å². The van der Waals surface area contributed by atoms with Crippen molar-refractivity contribution in [1.29, 1.82) is 0 Å². The number of ether oxygens (including phenoxy) is 3. The number of hydrogen-bond donors (Lipinski definition) is 0. The molecule has 24 heavy (non-hydrogen) atoms. The minimum absolute atomic E-state index is 0.0574. The topological polar surface area (TPSA) is 54.0 Å². The van der Waals surface area contributed by atoms with Crippen molar-refractivity contribution in [2.24, 2.45) is 0 Å². The average molecular weight is 350 g/mol. The Morgan fingerprint density at radius 3 is 2.50 bits per heavy atom. The van der Waals surface area contributed by atoms with Gasteiger partial charge in [-0.05, 0) is 30.3 Å². The van der Waals surface area contributed by atoms with E-state index in [0.717, 1.165) is 0 Å². The number of carbonyl (C=O) groups is 1. The van der Waals surface area contributed by atoms with E-state index in [9.17, 15) is 4.79 Å². The van der Waals surface area contributed by atoms with Crippen molar-refractivity contribution < 1.29 is 23.4 Å². The van der Waals surface area contributed by atoms with Crippen LogP contribution in [0.25, 0.3) is 0 Å². The van der Waals surface area contributed by atoms with Gasteiger partial charge in [0.25, 0.3) is 0 Å². The number of terminal acetylenes is 2. The molecule has 0 aromatic carbocycles. The van der Waals surface area contributed by atoms with E-state index in [1.54, 1.807) is 12.2 Å². The average Bonchev–Trinajstić information content (AvgIpc) is 2.51. The number of rotatable bonds is 6. The maximum absolute atomic E-state index is 11.4. The quantitative estimate of drug-likeness (QED) is 0.242. The van der Waals surface area contributed by atoms with Crippen LogP contribution in [0, 0.1) is 24.7 Å². The zero-order chi connectivity index (χ0) is 18.4. The SMILES string of the molecule is C#CCO[C@@H]1C=C[C@H](OC(=O)C#C)[C@@H](CO[Si](C)(C)C(C)(C)C)O1. The predicted molar refractivity (Wildman–Crippen MR) is 94.4 cm³/mol. The van der Waals surface area contributed by atoms with Gasteiger partial charge in [0.05, 0.1) is 6.61 Å². The molecule has 0 aromatic heterocycles. The summed E-state index contributed by atoms with van der Waals surface area (Å²) in [6.07, 6.45) is 11.9. The highest BCUT2D eigenvalue weighted by atomic mass is 28.4. The van der Waals surface area contributed by atoms with E-state index in [0.29, 0.717) is 0 Å². The third-order valence-electron chi connectivity index (χ3n) is 4.24. The van der Waals surface area contributed by atoms with Crippen LogP contribution in [0.3, 0.4) is 0 Å². The molecule has 0 N–H and O–H groups in total. The minimum atomic E-state index is -1.97. The molecule has 1 heterocycles. The molecule has 132 valence electrons. The first-order valence-electron chi connectivity index (χ1n) is 7.81. The minimum Gasteiger partial charge on any atom is -0.446 e. The van der Waals surface area contributed by atoms with Crippen LogP contribution in [-0.2, 0) is 23.4 Å². The second-order valence-electron chi connectivity index (χ2n) is 7.03. The Bertz CT molecular complexity index is 547. The summed E-state index contributed by atoms with van der Waals surface area (Å²) in [7, 11) is -1.97. The molecule has 6 heteroatoms. The lowest BCUT2D eigenvalue weighted by Gasteiger charge is -2.39. The van der Waals surface area contributed by atoms with Crippen LogP contribution in [0.5, 0.6) is 0 Å². The fourth-order valence-electron chi connectivity index (χ4n) is 1.76. The van der Waals surface area contributed by atoms with Gasteiger partial charge in [0.15, 0.2) is 14.6 Å². The summed E-state index contributed by atoms with van der Waals surface area (Å²) in [5.74, 6) is 3.58. The Balaban J connectivity index is 2.80. The van der Waals surface area contributed by atoms with Gasteiger partial charge in [-0.3, -0.25) is 0 Å². The fourth-order valence-corrected chi connectivity index (χ4v) is 2.77. The summed E-state index contributed by atoms with van der Waals surface area (Å²) in [4.78, 5) is 11.4. The number of esters is 1.